The Morgan fingerprint density at radius 3 is 2.20 bits per heavy atom. The average molecular weight is 228 g/mol. The molecule has 6 heteroatoms. The second-order valence-electron chi connectivity index (χ2n) is 3.06. The van der Waals surface area contributed by atoms with Crippen LogP contribution in [0.1, 0.15) is 26.7 Å². The molecule has 90 valence electrons. The van der Waals surface area contributed by atoms with Crippen LogP contribution in [0.3, 0.4) is 0 Å². The molecular weight excluding hydrogens is 213 g/mol. The Bertz CT molecular complexity index is 188. The summed E-state index contributed by atoms with van der Waals surface area (Å²) in [5, 5.41) is 0. The smallest absolute Gasteiger partial charge is 0.411 e. The van der Waals surface area contributed by atoms with Crippen LogP contribution in [-0.2, 0) is 14.3 Å². The van der Waals surface area contributed by atoms with Crippen molar-refractivity contribution in [1.29, 1.82) is 0 Å². The third kappa shape index (κ3) is 7.18. The molecule has 0 aromatic carbocycles. The minimum atomic E-state index is -4.39. The molecule has 0 bridgehead atoms. The number of hydrogen-bond donors (Lipinski definition) is 0. The molecular formula is C9H15F3O3. The summed E-state index contributed by atoms with van der Waals surface area (Å²) in [5.41, 5.74) is 0. The van der Waals surface area contributed by atoms with Crippen LogP contribution < -0.4 is 0 Å². The van der Waals surface area contributed by atoms with Gasteiger partial charge in [-0.25, -0.2) is 0 Å². The molecule has 0 saturated carbocycles. The summed E-state index contributed by atoms with van der Waals surface area (Å²) in [6.45, 7) is 1.58. The molecule has 0 amide bonds. The Morgan fingerprint density at radius 2 is 1.80 bits per heavy atom. The van der Waals surface area contributed by atoms with Gasteiger partial charge in [0.2, 0.25) is 0 Å². The van der Waals surface area contributed by atoms with Crippen LogP contribution in [0.5, 0.6) is 0 Å². The molecule has 0 fully saturated rings. The molecule has 0 aromatic heterocycles. The highest BCUT2D eigenvalue weighted by atomic mass is 19.4. The van der Waals surface area contributed by atoms with Gasteiger partial charge < -0.3 is 9.47 Å². The van der Waals surface area contributed by atoms with Crippen molar-refractivity contribution in [3.05, 3.63) is 0 Å². The van der Waals surface area contributed by atoms with Crippen molar-refractivity contribution >= 4 is 5.97 Å². The van der Waals surface area contributed by atoms with Crippen LogP contribution in [0.15, 0.2) is 0 Å². The summed E-state index contributed by atoms with van der Waals surface area (Å²) >= 11 is 0. The topological polar surface area (TPSA) is 35.5 Å². The van der Waals surface area contributed by atoms with Crippen LogP contribution in [0.2, 0.25) is 0 Å². The lowest BCUT2D eigenvalue weighted by atomic mass is 10.0. The van der Waals surface area contributed by atoms with Crippen LogP contribution in [0, 0.1) is 5.92 Å². The van der Waals surface area contributed by atoms with Crippen LogP contribution in [0.4, 0.5) is 13.2 Å². The highest BCUT2D eigenvalue weighted by Gasteiger charge is 2.27. The summed E-state index contributed by atoms with van der Waals surface area (Å²) in [7, 11) is 0. The minimum absolute atomic E-state index is 0.264. The van der Waals surface area contributed by atoms with E-state index in [0.29, 0.717) is 12.8 Å². The zero-order valence-electron chi connectivity index (χ0n) is 8.76. The van der Waals surface area contributed by atoms with E-state index in [4.69, 9.17) is 0 Å². The first-order valence-corrected chi connectivity index (χ1v) is 4.71. The molecule has 0 saturated heterocycles. The molecule has 0 N–H and O–H groups in total. The summed E-state index contributed by atoms with van der Waals surface area (Å²) in [6, 6.07) is 0. The Hall–Kier alpha value is -0.780. The van der Waals surface area contributed by atoms with Crippen molar-refractivity contribution in [3.8, 4) is 0 Å². The largest absolute Gasteiger partial charge is 0.438 e. The Kier molecular flexibility index (Phi) is 6.31. The maximum absolute atomic E-state index is 11.6. The van der Waals surface area contributed by atoms with Gasteiger partial charge in [-0.1, -0.05) is 13.8 Å². The fourth-order valence-electron chi connectivity index (χ4n) is 0.997. The molecule has 0 aliphatic carbocycles. The van der Waals surface area contributed by atoms with Crippen molar-refractivity contribution < 1.29 is 27.4 Å². The van der Waals surface area contributed by atoms with Gasteiger partial charge in [0.05, 0.1) is 5.92 Å². The number of ether oxygens (including phenoxy) is 2. The van der Waals surface area contributed by atoms with Gasteiger partial charge in [-0.2, -0.15) is 13.2 Å². The second kappa shape index (κ2) is 6.66. The number of halogens is 3. The standard InChI is InChI=1S/C9H15F3O3/c1-3-7(4-2)8(13)15-6-14-5-9(10,11)12/h7H,3-6H2,1-2H3. The van der Waals surface area contributed by atoms with E-state index in [-0.39, 0.29) is 5.92 Å². The molecule has 0 atom stereocenters. The van der Waals surface area contributed by atoms with Crippen molar-refractivity contribution in [3.63, 3.8) is 0 Å². The fourth-order valence-corrected chi connectivity index (χ4v) is 0.997. The highest BCUT2D eigenvalue weighted by Crippen LogP contribution is 2.14. The molecule has 3 nitrogen and oxygen atoms in total. The molecule has 0 radical (unpaired) electrons. The summed E-state index contributed by atoms with van der Waals surface area (Å²) in [4.78, 5) is 11.1. The minimum Gasteiger partial charge on any atom is -0.438 e. The van der Waals surface area contributed by atoms with E-state index in [9.17, 15) is 18.0 Å². The maximum atomic E-state index is 11.6. The third-order valence-corrected chi connectivity index (χ3v) is 1.87. The summed E-state index contributed by atoms with van der Waals surface area (Å²) < 4.78 is 43.5. The average Bonchev–Trinajstić information content (AvgIpc) is 2.13. The zero-order valence-corrected chi connectivity index (χ0v) is 8.76. The molecule has 0 aliphatic rings. The molecule has 0 unspecified atom stereocenters. The third-order valence-electron chi connectivity index (χ3n) is 1.87. The van der Waals surface area contributed by atoms with E-state index < -0.39 is 25.5 Å². The lowest BCUT2D eigenvalue weighted by Gasteiger charge is -2.12. The molecule has 0 rings (SSSR count). The lowest BCUT2D eigenvalue weighted by Crippen LogP contribution is -2.22. The van der Waals surface area contributed by atoms with Gasteiger partial charge in [0.1, 0.15) is 6.61 Å². The van der Waals surface area contributed by atoms with Gasteiger partial charge in [0.25, 0.3) is 0 Å². The number of carbonyl (C=O) groups is 1. The van der Waals surface area contributed by atoms with Gasteiger partial charge in [-0.3, -0.25) is 4.79 Å². The van der Waals surface area contributed by atoms with Crippen molar-refractivity contribution in [2.75, 3.05) is 13.4 Å². The number of hydrogen-bond acceptors (Lipinski definition) is 3. The lowest BCUT2D eigenvalue weighted by molar-refractivity contribution is -0.201. The van der Waals surface area contributed by atoms with Gasteiger partial charge >= 0.3 is 12.1 Å². The SMILES string of the molecule is CCC(CC)C(=O)OCOCC(F)(F)F. The Morgan fingerprint density at radius 1 is 1.27 bits per heavy atom. The second-order valence-corrected chi connectivity index (χ2v) is 3.06. The van der Waals surface area contributed by atoms with Gasteiger partial charge in [-0.05, 0) is 12.8 Å². The number of esters is 1. The van der Waals surface area contributed by atoms with E-state index in [2.05, 4.69) is 9.47 Å². The normalized spacial score (nSPS) is 11.9. The van der Waals surface area contributed by atoms with Crippen molar-refractivity contribution in [1.82, 2.24) is 0 Å². The van der Waals surface area contributed by atoms with Gasteiger partial charge in [0.15, 0.2) is 6.79 Å². The Balaban J connectivity index is 3.63. The summed E-state index contributed by atoms with van der Waals surface area (Å²) in [6.07, 6.45) is -3.18. The first kappa shape index (κ1) is 14.2. The molecule has 0 aromatic rings. The predicted molar refractivity (Wildman–Crippen MR) is 47.0 cm³/mol. The molecule has 0 aliphatic heterocycles. The van der Waals surface area contributed by atoms with E-state index in [0.717, 1.165) is 0 Å². The van der Waals surface area contributed by atoms with Crippen LogP contribution in [0.25, 0.3) is 0 Å². The van der Waals surface area contributed by atoms with E-state index in [1.165, 1.54) is 0 Å². The summed E-state index contributed by atoms with van der Waals surface area (Å²) in [5.74, 6) is -0.776. The number of rotatable bonds is 6. The van der Waals surface area contributed by atoms with E-state index in [1.807, 2.05) is 13.8 Å². The van der Waals surface area contributed by atoms with Gasteiger partial charge in [0, 0.05) is 0 Å². The van der Waals surface area contributed by atoms with E-state index in [1.54, 1.807) is 0 Å². The van der Waals surface area contributed by atoms with Crippen LogP contribution in [-0.4, -0.2) is 25.5 Å². The molecule has 15 heavy (non-hydrogen) atoms. The predicted octanol–water partition coefficient (Wildman–Crippen LogP) is 2.50. The van der Waals surface area contributed by atoms with Crippen molar-refractivity contribution in [2.45, 2.75) is 32.9 Å². The van der Waals surface area contributed by atoms with Gasteiger partial charge in [-0.15, -0.1) is 0 Å². The first-order chi connectivity index (χ1) is 6.90. The Labute approximate surface area is 86.5 Å². The number of alkyl halides is 3. The fraction of sp³-hybridized carbons (Fsp3) is 0.889. The zero-order chi connectivity index (χ0) is 11.9. The van der Waals surface area contributed by atoms with E-state index >= 15 is 0 Å². The molecule has 0 heterocycles. The monoisotopic (exact) mass is 228 g/mol. The van der Waals surface area contributed by atoms with Crippen molar-refractivity contribution in [2.24, 2.45) is 5.92 Å². The first-order valence-electron chi connectivity index (χ1n) is 4.71. The van der Waals surface area contributed by atoms with Crippen LogP contribution >= 0.6 is 0 Å². The highest BCUT2D eigenvalue weighted by molar-refractivity contribution is 5.72. The quantitative estimate of drug-likeness (QED) is 0.398. The molecule has 0 spiro atoms. The number of carbonyl (C=O) groups excluding carboxylic acids is 1. The maximum Gasteiger partial charge on any atom is 0.411 e.